The van der Waals surface area contributed by atoms with Crippen LogP contribution in [0.2, 0.25) is 0 Å². The van der Waals surface area contributed by atoms with Gasteiger partial charge in [0.25, 0.3) is 10.1 Å². The summed E-state index contributed by atoms with van der Waals surface area (Å²) in [6, 6.07) is 6.23. The Kier molecular flexibility index (Phi) is 5.87. The first-order chi connectivity index (χ1) is 13.0. The highest BCUT2D eigenvalue weighted by molar-refractivity contribution is 7.86. The van der Waals surface area contributed by atoms with Gasteiger partial charge in [-0.25, -0.2) is 0 Å². The second-order valence-corrected chi connectivity index (χ2v) is 10.3. The van der Waals surface area contributed by atoms with Crippen molar-refractivity contribution in [2.45, 2.75) is 63.2 Å². The molecule has 2 fully saturated rings. The zero-order valence-electron chi connectivity index (χ0n) is 16.9. The van der Waals surface area contributed by atoms with Crippen LogP contribution in [-0.2, 0) is 28.6 Å². The number of esters is 1. The summed E-state index contributed by atoms with van der Waals surface area (Å²) in [5, 5.41) is 3.16. The fourth-order valence-electron chi connectivity index (χ4n) is 3.66. The van der Waals surface area contributed by atoms with E-state index >= 15 is 0 Å². The lowest BCUT2D eigenvalue weighted by Crippen LogP contribution is -2.72. The molecule has 156 valence electrons. The maximum atomic E-state index is 12.3. The van der Waals surface area contributed by atoms with E-state index in [1.165, 1.54) is 12.1 Å². The lowest BCUT2D eigenvalue weighted by atomic mass is 9.57. The molecule has 1 spiro atoms. The molecule has 1 aromatic rings. The summed E-state index contributed by atoms with van der Waals surface area (Å²) in [6.45, 7) is 8.38. The van der Waals surface area contributed by atoms with Crippen molar-refractivity contribution in [3.8, 4) is 0 Å². The van der Waals surface area contributed by atoms with Gasteiger partial charge in [-0.3, -0.25) is 8.98 Å². The first-order valence-electron chi connectivity index (χ1n) is 9.55. The van der Waals surface area contributed by atoms with Gasteiger partial charge in [-0.1, -0.05) is 17.7 Å². The van der Waals surface area contributed by atoms with Gasteiger partial charge in [-0.15, -0.1) is 0 Å². The maximum Gasteiger partial charge on any atom is 0.324 e. The average Bonchev–Trinajstić information content (AvgIpc) is 2.50. The van der Waals surface area contributed by atoms with Crippen LogP contribution < -0.4 is 5.32 Å². The Morgan fingerprint density at radius 2 is 1.82 bits per heavy atom. The molecule has 1 saturated carbocycles. The smallest absolute Gasteiger partial charge is 0.324 e. The summed E-state index contributed by atoms with van der Waals surface area (Å²) in [4.78, 5) is 12.4. The lowest BCUT2D eigenvalue weighted by molar-refractivity contribution is -0.182. The number of hydrogen-bond acceptors (Lipinski definition) is 7. The van der Waals surface area contributed by atoms with Crippen LogP contribution in [-0.4, -0.2) is 51.9 Å². The van der Waals surface area contributed by atoms with Gasteiger partial charge in [0.05, 0.1) is 24.2 Å². The number of hydrogen-bond donors (Lipinski definition) is 1. The van der Waals surface area contributed by atoms with Crippen LogP contribution in [0.25, 0.3) is 0 Å². The fourth-order valence-corrected chi connectivity index (χ4v) is 4.56. The summed E-state index contributed by atoms with van der Waals surface area (Å²) in [5.41, 5.74) is 0.383. The predicted octanol–water partition coefficient (Wildman–Crippen LogP) is 2.18. The lowest BCUT2D eigenvalue weighted by Gasteiger charge is -2.58. The van der Waals surface area contributed by atoms with E-state index in [1.54, 1.807) is 12.1 Å². The zero-order chi connectivity index (χ0) is 20.6. The highest BCUT2D eigenvalue weighted by Crippen LogP contribution is 2.50. The minimum absolute atomic E-state index is 0.0118. The minimum Gasteiger partial charge on any atom is -0.459 e. The Bertz CT molecular complexity index is 806. The maximum absolute atomic E-state index is 12.3. The Hall–Kier alpha value is -1.48. The van der Waals surface area contributed by atoms with Crippen LogP contribution in [0.4, 0.5) is 0 Å². The molecule has 2 aliphatic rings. The topological polar surface area (TPSA) is 90.9 Å². The van der Waals surface area contributed by atoms with E-state index in [9.17, 15) is 13.2 Å². The van der Waals surface area contributed by atoms with E-state index in [2.05, 4.69) is 5.32 Å². The molecule has 1 atom stereocenters. The van der Waals surface area contributed by atoms with E-state index in [4.69, 9.17) is 13.7 Å². The fraction of sp³-hybridized carbons (Fsp3) is 0.650. The number of benzene rings is 1. The van der Waals surface area contributed by atoms with Crippen molar-refractivity contribution in [2.24, 2.45) is 5.41 Å². The zero-order valence-corrected chi connectivity index (χ0v) is 17.7. The third-order valence-electron chi connectivity index (χ3n) is 5.17. The predicted molar refractivity (Wildman–Crippen MR) is 103 cm³/mol. The number of ether oxygens (including phenoxy) is 2. The molecule has 28 heavy (non-hydrogen) atoms. The third kappa shape index (κ3) is 4.74. The Morgan fingerprint density at radius 1 is 1.18 bits per heavy atom. The number of rotatable bonds is 7. The van der Waals surface area contributed by atoms with Crippen LogP contribution in [0.3, 0.4) is 0 Å². The number of carbonyl (C=O) groups is 1. The molecule has 8 heteroatoms. The van der Waals surface area contributed by atoms with Gasteiger partial charge < -0.3 is 14.8 Å². The number of aryl methyl sites for hydroxylation is 1. The van der Waals surface area contributed by atoms with Crippen LogP contribution >= 0.6 is 0 Å². The van der Waals surface area contributed by atoms with E-state index in [1.807, 2.05) is 27.7 Å². The van der Waals surface area contributed by atoms with E-state index in [-0.39, 0.29) is 41.6 Å². The molecule has 0 bridgehead atoms. The van der Waals surface area contributed by atoms with Gasteiger partial charge >= 0.3 is 5.97 Å². The molecule has 1 heterocycles. The van der Waals surface area contributed by atoms with Gasteiger partial charge in [0.1, 0.15) is 11.6 Å². The molecule has 1 saturated heterocycles. The SMILES string of the molecule is Cc1ccc(S(=O)(=O)OCCOC2CC3(CNC3C(=O)OC(C)(C)C)C2)cc1. The highest BCUT2D eigenvalue weighted by atomic mass is 32.2. The molecule has 1 unspecified atom stereocenters. The molecular weight excluding hydrogens is 382 g/mol. The van der Waals surface area contributed by atoms with Gasteiger partial charge in [-0.2, -0.15) is 8.42 Å². The van der Waals surface area contributed by atoms with Crippen molar-refractivity contribution >= 4 is 16.1 Å². The molecule has 1 aromatic carbocycles. The Balaban J connectivity index is 1.39. The first kappa shape index (κ1) is 21.2. The highest BCUT2D eigenvalue weighted by Gasteiger charge is 2.59. The molecule has 0 radical (unpaired) electrons. The van der Waals surface area contributed by atoms with E-state index in [0.29, 0.717) is 0 Å². The summed E-state index contributed by atoms with van der Waals surface area (Å²) in [5.74, 6) is -0.218. The average molecular weight is 412 g/mol. The quantitative estimate of drug-likeness (QED) is 0.418. The Labute approximate surface area is 166 Å². The largest absolute Gasteiger partial charge is 0.459 e. The van der Waals surface area contributed by atoms with E-state index in [0.717, 1.165) is 24.9 Å². The van der Waals surface area contributed by atoms with Crippen LogP contribution in [0.15, 0.2) is 29.2 Å². The molecule has 1 N–H and O–H groups in total. The number of nitrogens with one attached hydrogen (secondary N) is 1. The van der Waals surface area contributed by atoms with Gasteiger partial charge in [-0.05, 0) is 52.7 Å². The third-order valence-corrected chi connectivity index (χ3v) is 6.49. The summed E-state index contributed by atoms with van der Waals surface area (Å²) >= 11 is 0. The molecule has 0 aromatic heterocycles. The van der Waals surface area contributed by atoms with E-state index < -0.39 is 15.7 Å². The standard InChI is InChI=1S/C20H29NO6S/c1-14-5-7-16(8-6-14)28(23,24)26-10-9-25-15-11-20(12-15)13-21-17(20)18(22)27-19(2,3)4/h5-8,15,17,21H,9-13H2,1-4H3. The van der Waals surface area contributed by atoms with Crippen LogP contribution in [0.5, 0.6) is 0 Å². The number of carbonyl (C=O) groups excluding carboxylic acids is 1. The molecule has 1 aliphatic heterocycles. The molecule has 0 amide bonds. The summed E-state index contributed by atoms with van der Waals surface area (Å²) in [6.07, 6.45) is 1.53. The monoisotopic (exact) mass is 411 g/mol. The van der Waals surface area contributed by atoms with Crippen molar-refractivity contribution < 1.29 is 26.9 Å². The van der Waals surface area contributed by atoms with Crippen molar-refractivity contribution in [2.75, 3.05) is 19.8 Å². The minimum atomic E-state index is -3.77. The molecular formula is C20H29NO6S. The van der Waals surface area contributed by atoms with Gasteiger partial charge in [0, 0.05) is 12.0 Å². The normalized spacial score (nSPS) is 27.1. The van der Waals surface area contributed by atoms with Crippen molar-refractivity contribution in [3.63, 3.8) is 0 Å². The summed E-state index contributed by atoms with van der Waals surface area (Å²) < 4.78 is 40.5. The molecule has 7 nitrogen and oxygen atoms in total. The molecule has 1 aliphatic carbocycles. The second kappa shape index (κ2) is 7.74. The Morgan fingerprint density at radius 3 is 2.36 bits per heavy atom. The van der Waals surface area contributed by atoms with Crippen molar-refractivity contribution in [3.05, 3.63) is 29.8 Å². The first-order valence-corrected chi connectivity index (χ1v) is 11.0. The van der Waals surface area contributed by atoms with Crippen LogP contribution in [0.1, 0.15) is 39.2 Å². The summed E-state index contributed by atoms with van der Waals surface area (Å²) in [7, 11) is -3.77. The van der Waals surface area contributed by atoms with Gasteiger partial charge in [0.15, 0.2) is 0 Å². The van der Waals surface area contributed by atoms with Crippen molar-refractivity contribution in [1.29, 1.82) is 0 Å². The van der Waals surface area contributed by atoms with Crippen LogP contribution in [0, 0.1) is 12.3 Å². The molecule has 3 rings (SSSR count). The second-order valence-electron chi connectivity index (χ2n) is 8.70. The van der Waals surface area contributed by atoms with Crippen molar-refractivity contribution in [1.82, 2.24) is 5.32 Å². The van der Waals surface area contributed by atoms with Gasteiger partial charge in [0.2, 0.25) is 0 Å².